The minimum atomic E-state index is 0.573. The van der Waals surface area contributed by atoms with Gasteiger partial charge in [0.15, 0.2) is 0 Å². The van der Waals surface area contributed by atoms with Crippen molar-refractivity contribution >= 4 is 0 Å². The summed E-state index contributed by atoms with van der Waals surface area (Å²) in [5, 5.41) is 3.55. The lowest BCUT2D eigenvalue weighted by molar-refractivity contribution is 0.0789. The number of hydrogen-bond donors (Lipinski definition) is 1. The zero-order valence-corrected chi connectivity index (χ0v) is 11.9. The van der Waals surface area contributed by atoms with Gasteiger partial charge in [-0.15, -0.1) is 0 Å². The fraction of sp³-hybridized carbons (Fsp3) is 1.00. The molecular weight excluding hydrogens is 226 g/mol. The van der Waals surface area contributed by atoms with Crippen LogP contribution in [0.25, 0.3) is 0 Å². The minimum Gasteiger partial charge on any atom is -0.383 e. The summed E-state index contributed by atoms with van der Waals surface area (Å²) < 4.78 is 10.8. The third-order valence-corrected chi connectivity index (χ3v) is 4.65. The van der Waals surface area contributed by atoms with Crippen molar-refractivity contribution in [3.8, 4) is 0 Å². The van der Waals surface area contributed by atoms with Gasteiger partial charge in [-0.05, 0) is 43.9 Å². The standard InChI is InChI=1S/C15H29NO2/c1-17-12-10-16-13-15(8-4-9-15)7-2-5-14-6-3-11-18-14/h14,16H,2-13H2,1H3. The molecule has 1 atom stereocenters. The van der Waals surface area contributed by atoms with Gasteiger partial charge in [0.1, 0.15) is 0 Å². The number of hydrogen-bond acceptors (Lipinski definition) is 3. The van der Waals surface area contributed by atoms with Gasteiger partial charge in [-0.2, -0.15) is 0 Å². The first-order valence-corrected chi connectivity index (χ1v) is 7.66. The number of methoxy groups -OCH3 is 1. The number of rotatable bonds is 9. The second kappa shape index (κ2) is 7.46. The lowest BCUT2D eigenvalue weighted by Crippen LogP contribution is -2.41. The molecule has 1 aliphatic carbocycles. The van der Waals surface area contributed by atoms with E-state index in [-0.39, 0.29) is 0 Å². The van der Waals surface area contributed by atoms with Gasteiger partial charge < -0.3 is 14.8 Å². The van der Waals surface area contributed by atoms with Crippen LogP contribution in [0.2, 0.25) is 0 Å². The highest BCUT2D eigenvalue weighted by atomic mass is 16.5. The van der Waals surface area contributed by atoms with E-state index < -0.39 is 0 Å². The topological polar surface area (TPSA) is 30.5 Å². The molecule has 18 heavy (non-hydrogen) atoms. The quantitative estimate of drug-likeness (QED) is 0.643. The molecule has 1 saturated heterocycles. The summed E-state index contributed by atoms with van der Waals surface area (Å²) in [5.41, 5.74) is 0.604. The Kier molecular flexibility index (Phi) is 5.93. The van der Waals surface area contributed by atoms with E-state index in [4.69, 9.17) is 9.47 Å². The van der Waals surface area contributed by atoms with Crippen molar-refractivity contribution in [2.45, 2.75) is 57.5 Å². The van der Waals surface area contributed by atoms with Gasteiger partial charge in [-0.3, -0.25) is 0 Å². The monoisotopic (exact) mass is 255 g/mol. The largest absolute Gasteiger partial charge is 0.383 e. The van der Waals surface area contributed by atoms with Crippen molar-refractivity contribution < 1.29 is 9.47 Å². The van der Waals surface area contributed by atoms with Crippen LogP contribution in [0, 0.1) is 5.41 Å². The van der Waals surface area contributed by atoms with Gasteiger partial charge in [0, 0.05) is 26.8 Å². The van der Waals surface area contributed by atoms with E-state index in [1.54, 1.807) is 7.11 Å². The molecule has 2 fully saturated rings. The van der Waals surface area contributed by atoms with Crippen LogP contribution >= 0.6 is 0 Å². The highest BCUT2D eigenvalue weighted by Crippen LogP contribution is 2.44. The third-order valence-electron chi connectivity index (χ3n) is 4.65. The van der Waals surface area contributed by atoms with Crippen molar-refractivity contribution in [1.82, 2.24) is 5.32 Å². The van der Waals surface area contributed by atoms with Gasteiger partial charge in [-0.1, -0.05) is 12.8 Å². The summed E-state index contributed by atoms with van der Waals surface area (Å²) >= 11 is 0. The molecule has 0 bridgehead atoms. The van der Waals surface area contributed by atoms with E-state index in [1.165, 1.54) is 57.9 Å². The highest BCUT2D eigenvalue weighted by molar-refractivity contribution is 4.89. The fourth-order valence-electron chi connectivity index (χ4n) is 3.30. The van der Waals surface area contributed by atoms with Crippen molar-refractivity contribution in [3.63, 3.8) is 0 Å². The van der Waals surface area contributed by atoms with E-state index in [1.807, 2.05) is 0 Å². The molecule has 2 rings (SSSR count). The van der Waals surface area contributed by atoms with E-state index in [2.05, 4.69) is 5.32 Å². The fourth-order valence-corrected chi connectivity index (χ4v) is 3.30. The lowest BCUT2D eigenvalue weighted by atomic mass is 9.65. The van der Waals surface area contributed by atoms with Crippen LogP contribution in [0.1, 0.15) is 51.4 Å². The van der Waals surface area contributed by atoms with Crippen molar-refractivity contribution in [1.29, 1.82) is 0 Å². The maximum atomic E-state index is 5.70. The first-order chi connectivity index (χ1) is 8.85. The Morgan fingerprint density at radius 2 is 2.22 bits per heavy atom. The van der Waals surface area contributed by atoms with Crippen LogP contribution in [0.4, 0.5) is 0 Å². The lowest BCUT2D eigenvalue weighted by Gasteiger charge is -2.42. The number of ether oxygens (including phenoxy) is 2. The van der Waals surface area contributed by atoms with Crippen LogP contribution in [0.5, 0.6) is 0 Å². The zero-order valence-electron chi connectivity index (χ0n) is 11.9. The summed E-state index contributed by atoms with van der Waals surface area (Å²) in [6.45, 7) is 3.99. The summed E-state index contributed by atoms with van der Waals surface area (Å²) in [7, 11) is 1.77. The molecule has 0 amide bonds. The van der Waals surface area contributed by atoms with E-state index >= 15 is 0 Å². The normalized spacial score (nSPS) is 26.2. The van der Waals surface area contributed by atoms with Gasteiger partial charge in [0.2, 0.25) is 0 Å². The summed E-state index contributed by atoms with van der Waals surface area (Å²) in [5.74, 6) is 0. The van der Waals surface area contributed by atoms with E-state index in [9.17, 15) is 0 Å². The molecule has 0 radical (unpaired) electrons. The van der Waals surface area contributed by atoms with Crippen molar-refractivity contribution in [2.75, 3.05) is 33.4 Å². The molecule has 106 valence electrons. The molecule has 1 unspecified atom stereocenters. The van der Waals surface area contributed by atoms with Crippen LogP contribution < -0.4 is 5.32 Å². The molecule has 1 N–H and O–H groups in total. The molecule has 1 saturated carbocycles. The predicted molar refractivity (Wildman–Crippen MR) is 73.9 cm³/mol. The Labute approximate surface area is 112 Å². The van der Waals surface area contributed by atoms with Crippen LogP contribution in [-0.4, -0.2) is 39.5 Å². The molecule has 1 heterocycles. The maximum Gasteiger partial charge on any atom is 0.0587 e. The van der Waals surface area contributed by atoms with E-state index in [0.717, 1.165) is 19.8 Å². The smallest absolute Gasteiger partial charge is 0.0587 e. The second-order valence-corrected chi connectivity index (χ2v) is 6.05. The molecule has 3 heteroatoms. The summed E-state index contributed by atoms with van der Waals surface area (Å²) in [6.07, 6.45) is 11.4. The van der Waals surface area contributed by atoms with Gasteiger partial charge in [0.05, 0.1) is 12.7 Å². The molecule has 3 nitrogen and oxygen atoms in total. The average molecular weight is 255 g/mol. The van der Waals surface area contributed by atoms with Crippen LogP contribution in [0.3, 0.4) is 0 Å². The van der Waals surface area contributed by atoms with Crippen molar-refractivity contribution in [2.24, 2.45) is 5.41 Å². The third kappa shape index (κ3) is 4.22. The first kappa shape index (κ1) is 14.3. The molecule has 0 spiro atoms. The molecule has 0 aromatic carbocycles. The molecule has 2 aliphatic rings. The Morgan fingerprint density at radius 3 is 2.83 bits per heavy atom. The highest BCUT2D eigenvalue weighted by Gasteiger charge is 2.35. The Morgan fingerprint density at radius 1 is 1.33 bits per heavy atom. The Hall–Kier alpha value is -0.120. The van der Waals surface area contributed by atoms with Gasteiger partial charge in [0.25, 0.3) is 0 Å². The van der Waals surface area contributed by atoms with Gasteiger partial charge >= 0.3 is 0 Å². The van der Waals surface area contributed by atoms with Crippen LogP contribution in [0.15, 0.2) is 0 Å². The van der Waals surface area contributed by atoms with E-state index in [0.29, 0.717) is 11.5 Å². The molecule has 1 aliphatic heterocycles. The van der Waals surface area contributed by atoms with Gasteiger partial charge in [-0.25, -0.2) is 0 Å². The molecular formula is C15H29NO2. The average Bonchev–Trinajstić information content (AvgIpc) is 2.83. The zero-order chi connectivity index (χ0) is 12.7. The molecule has 0 aromatic heterocycles. The minimum absolute atomic E-state index is 0.573. The first-order valence-electron chi connectivity index (χ1n) is 7.66. The summed E-state index contributed by atoms with van der Waals surface area (Å²) in [4.78, 5) is 0. The molecule has 0 aromatic rings. The van der Waals surface area contributed by atoms with Crippen LogP contribution in [-0.2, 0) is 9.47 Å². The number of nitrogens with one attached hydrogen (secondary N) is 1. The van der Waals surface area contributed by atoms with Crippen molar-refractivity contribution in [3.05, 3.63) is 0 Å². The Bertz CT molecular complexity index is 223. The second-order valence-electron chi connectivity index (χ2n) is 6.05. The maximum absolute atomic E-state index is 5.70. The predicted octanol–water partition coefficient (Wildman–Crippen LogP) is 2.74. The SMILES string of the molecule is COCCNCC1(CCCC2CCCO2)CCC1. The summed E-state index contributed by atoms with van der Waals surface area (Å²) in [6, 6.07) is 0. The Balaban J connectivity index is 1.58.